The number of rotatable bonds is 5. The number of ether oxygens (including phenoxy) is 1. The van der Waals surface area contributed by atoms with Crippen LogP contribution in [0, 0.1) is 0 Å². The molecule has 0 fully saturated rings. The first-order valence-corrected chi connectivity index (χ1v) is 5.59. The van der Waals surface area contributed by atoms with Crippen molar-refractivity contribution >= 4 is 5.97 Å². The largest absolute Gasteiger partial charge is 0.508 e. The summed E-state index contributed by atoms with van der Waals surface area (Å²) in [5.41, 5.74) is 1.35. The Hall–Kier alpha value is -1.55. The highest BCUT2D eigenvalue weighted by molar-refractivity contribution is 5.90. The molecule has 4 heteroatoms. The van der Waals surface area contributed by atoms with Crippen LogP contribution in [0.3, 0.4) is 0 Å². The zero-order valence-corrected chi connectivity index (χ0v) is 10.6. The summed E-state index contributed by atoms with van der Waals surface area (Å²) < 4.78 is 4.63. The summed E-state index contributed by atoms with van der Waals surface area (Å²) in [5, 5.41) is 9.53. The van der Waals surface area contributed by atoms with E-state index >= 15 is 0 Å². The van der Waals surface area contributed by atoms with Crippen molar-refractivity contribution in [3.63, 3.8) is 0 Å². The summed E-state index contributed by atoms with van der Waals surface area (Å²) in [4.78, 5) is 13.5. The topological polar surface area (TPSA) is 49.8 Å². The average Bonchev–Trinajstić information content (AvgIpc) is 2.26. The van der Waals surface area contributed by atoms with E-state index in [1.165, 1.54) is 13.2 Å². The van der Waals surface area contributed by atoms with Gasteiger partial charge in [0, 0.05) is 0 Å². The molecule has 0 aliphatic heterocycles. The molecule has 1 rings (SSSR count). The first-order valence-electron chi connectivity index (χ1n) is 5.59. The number of aryl methyl sites for hydroxylation is 1. The Kier molecular flexibility index (Phi) is 4.97. The third-order valence-electron chi connectivity index (χ3n) is 2.47. The summed E-state index contributed by atoms with van der Waals surface area (Å²) in [7, 11) is 5.36. The minimum Gasteiger partial charge on any atom is -0.508 e. The van der Waals surface area contributed by atoms with Gasteiger partial charge in [0.2, 0.25) is 0 Å². The number of benzene rings is 1. The zero-order chi connectivity index (χ0) is 12.8. The van der Waals surface area contributed by atoms with Gasteiger partial charge >= 0.3 is 5.97 Å². The number of nitrogens with zero attached hydrogens (tertiary/aromatic N) is 1. The van der Waals surface area contributed by atoms with Crippen LogP contribution in [-0.2, 0) is 11.2 Å². The standard InChI is InChI=1S/C13H19NO3/c1-14(2)6-4-5-10-7-11(13(16)17-3)9-12(15)8-10/h7-9,15H,4-6H2,1-3H3. The molecule has 0 aromatic heterocycles. The number of aromatic hydroxyl groups is 1. The molecule has 0 spiro atoms. The lowest BCUT2D eigenvalue weighted by molar-refractivity contribution is 0.0600. The van der Waals surface area contributed by atoms with Gasteiger partial charge < -0.3 is 14.7 Å². The second-order valence-electron chi connectivity index (χ2n) is 4.29. The van der Waals surface area contributed by atoms with Crippen LogP contribution in [0.15, 0.2) is 18.2 Å². The summed E-state index contributed by atoms with van der Waals surface area (Å²) >= 11 is 0. The maximum Gasteiger partial charge on any atom is 0.337 e. The molecule has 0 aliphatic rings. The lowest BCUT2D eigenvalue weighted by Gasteiger charge is -2.09. The fourth-order valence-electron chi connectivity index (χ4n) is 1.65. The van der Waals surface area contributed by atoms with Crippen molar-refractivity contribution in [1.29, 1.82) is 0 Å². The summed E-state index contributed by atoms with van der Waals surface area (Å²) in [6.45, 7) is 0.975. The highest BCUT2D eigenvalue weighted by atomic mass is 16.5. The first kappa shape index (κ1) is 13.5. The highest BCUT2D eigenvalue weighted by Gasteiger charge is 2.08. The van der Waals surface area contributed by atoms with Crippen molar-refractivity contribution < 1.29 is 14.6 Å². The normalized spacial score (nSPS) is 10.6. The van der Waals surface area contributed by atoms with Crippen LogP contribution in [0.2, 0.25) is 0 Å². The number of phenolic OH excluding ortho intramolecular Hbond substituents is 1. The van der Waals surface area contributed by atoms with Gasteiger partial charge in [0.05, 0.1) is 12.7 Å². The molecule has 0 saturated carbocycles. The molecular weight excluding hydrogens is 218 g/mol. The minimum atomic E-state index is -0.422. The Labute approximate surface area is 102 Å². The third kappa shape index (κ3) is 4.44. The van der Waals surface area contributed by atoms with Gasteiger partial charge in [-0.25, -0.2) is 4.79 Å². The second kappa shape index (κ2) is 6.25. The van der Waals surface area contributed by atoms with Gasteiger partial charge in [-0.15, -0.1) is 0 Å². The van der Waals surface area contributed by atoms with Crippen molar-refractivity contribution in [3.05, 3.63) is 29.3 Å². The monoisotopic (exact) mass is 237 g/mol. The molecule has 94 valence electrons. The Morgan fingerprint density at radius 1 is 1.35 bits per heavy atom. The predicted octanol–water partition coefficient (Wildman–Crippen LogP) is 1.67. The Balaban J connectivity index is 2.72. The van der Waals surface area contributed by atoms with E-state index < -0.39 is 5.97 Å². The summed E-state index contributed by atoms with van der Waals surface area (Å²) in [6, 6.07) is 4.87. The Bertz CT molecular complexity index is 388. The summed E-state index contributed by atoms with van der Waals surface area (Å²) in [6.07, 6.45) is 1.81. The lowest BCUT2D eigenvalue weighted by atomic mass is 10.1. The number of esters is 1. The SMILES string of the molecule is COC(=O)c1cc(O)cc(CCCN(C)C)c1. The summed E-state index contributed by atoms with van der Waals surface area (Å²) in [5.74, 6) is -0.317. The van der Waals surface area contributed by atoms with Crippen molar-refractivity contribution in [3.8, 4) is 5.75 Å². The molecule has 0 aliphatic carbocycles. The number of phenols is 1. The van der Waals surface area contributed by atoms with E-state index in [2.05, 4.69) is 9.64 Å². The van der Waals surface area contributed by atoms with E-state index in [0.29, 0.717) is 5.56 Å². The molecule has 0 amide bonds. The molecule has 0 radical (unpaired) electrons. The van der Waals surface area contributed by atoms with Gasteiger partial charge in [-0.05, 0) is 57.2 Å². The van der Waals surface area contributed by atoms with Crippen molar-refractivity contribution in [2.24, 2.45) is 0 Å². The van der Waals surface area contributed by atoms with Crippen LogP contribution in [0.4, 0.5) is 0 Å². The van der Waals surface area contributed by atoms with Crippen molar-refractivity contribution in [2.45, 2.75) is 12.8 Å². The smallest absolute Gasteiger partial charge is 0.337 e. The maximum atomic E-state index is 11.4. The van der Waals surface area contributed by atoms with Gasteiger partial charge in [-0.2, -0.15) is 0 Å². The number of carbonyl (C=O) groups is 1. The van der Waals surface area contributed by atoms with Gasteiger partial charge in [0.1, 0.15) is 5.75 Å². The van der Waals surface area contributed by atoms with E-state index in [0.717, 1.165) is 24.9 Å². The molecule has 17 heavy (non-hydrogen) atoms. The Morgan fingerprint density at radius 2 is 2.06 bits per heavy atom. The fourth-order valence-corrected chi connectivity index (χ4v) is 1.65. The van der Waals surface area contributed by atoms with Crippen LogP contribution in [-0.4, -0.2) is 43.7 Å². The molecule has 4 nitrogen and oxygen atoms in total. The van der Waals surface area contributed by atoms with Crippen LogP contribution >= 0.6 is 0 Å². The van der Waals surface area contributed by atoms with Crippen molar-refractivity contribution in [2.75, 3.05) is 27.7 Å². The van der Waals surface area contributed by atoms with Crippen molar-refractivity contribution in [1.82, 2.24) is 4.90 Å². The molecule has 0 atom stereocenters. The molecule has 1 N–H and O–H groups in total. The minimum absolute atomic E-state index is 0.104. The molecule has 1 aromatic carbocycles. The molecular formula is C13H19NO3. The van der Waals surface area contributed by atoms with Crippen LogP contribution in [0.1, 0.15) is 22.3 Å². The lowest BCUT2D eigenvalue weighted by Crippen LogP contribution is -2.13. The van der Waals surface area contributed by atoms with E-state index in [1.807, 2.05) is 14.1 Å². The molecule has 0 heterocycles. The van der Waals surface area contributed by atoms with E-state index in [1.54, 1.807) is 12.1 Å². The number of hydrogen-bond donors (Lipinski definition) is 1. The van der Waals surface area contributed by atoms with Gasteiger partial charge in [0.25, 0.3) is 0 Å². The molecule has 0 bridgehead atoms. The first-order chi connectivity index (χ1) is 8.02. The van der Waals surface area contributed by atoms with Gasteiger partial charge in [-0.3, -0.25) is 0 Å². The molecule has 0 unspecified atom stereocenters. The highest BCUT2D eigenvalue weighted by Crippen LogP contribution is 2.17. The maximum absolute atomic E-state index is 11.4. The predicted molar refractivity (Wildman–Crippen MR) is 66.3 cm³/mol. The number of hydrogen-bond acceptors (Lipinski definition) is 4. The molecule has 1 aromatic rings. The number of carbonyl (C=O) groups excluding carboxylic acids is 1. The van der Waals surface area contributed by atoms with E-state index in [9.17, 15) is 9.90 Å². The zero-order valence-electron chi connectivity index (χ0n) is 10.6. The number of methoxy groups -OCH3 is 1. The van der Waals surface area contributed by atoms with E-state index in [4.69, 9.17) is 0 Å². The fraction of sp³-hybridized carbons (Fsp3) is 0.462. The molecule has 0 saturated heterocycles. The van der Waals surface area contributed by atoms with Crippen LogP contribution < -0.4 is 0 Å². The second-order valence-corrected chi connectivity index (χ2v) is 4.29. The average molecular weight is 237 g/mol. The van der Waals surface area contributed by atoms with Crippen LogP contribution in [0.25, 0.3) is 0 Å². The Morgan fingerprint density at radius 3 is 2.65 bits per heavy atom. The quantitative estimate of drug-likeness (QED) is 0.791. The van der Waals surface area contributed by atoms with E-state index in [-0.39, 0.29) is 5.75 Å². The van der Waals surface area contributed by atoms with Gasteiger partial charge in [-0.1, -0.05) is 0 Å². The van der Waals surface area contributed by atoms with Gasteiger partial charge in [0.15, 0.2) is 0 Å². The third-order valence-corrected chi connectivity index (χ3v) is 2.47. The van der Waals surface area contributed by atoms with Crippen LogP contribution in [0.5, 0.6) is 5.75 Å².